The fourth-order valence-corrected chi connectivity index (χ4v) is 6.16. The van der Waals surface area contributed by atoms with E-state index < -0.39 is 0 Å². The molecule has 4 heteroatoms. The molecule has 1 saturated heterocycles. The van der Waals surface area contributed by atoms with Crippen molar-refractivity contribution in [3.05, 3.63) is 137 Å². The maximum absolute atomic E-state index is 8.81. The Bertz CT molecular complexity index is 1600. The summed E-state index contributed by atoms with van der Waals surface area (Å²) in [5.41, 5.74) is 13.3. The van der Waals surface area contributed by atoms with E-state index in [1.54, 1.807) is 13.2 Å². The van der Waals surface area contributed by atoms with Crippen LogP contribution in [0, 0.1) is 23.2 Å². The highest BCUT2D eigenvalue weighted by molar-refractivity contribution is 5.71. The molecule has 0 bridgehead atoms. The fraction of sp³-hybridized carbons (Fsp3) is 0.471. The van der Waals surface area contributed by atoms with Crippen LogP contribution in [-0.4, -0.2) is 31.6 Å². The lowest BCUT2D eigenvalue weighted by molar-refractivity contribution is 0.246. The normalized spacial score (nSPS) is 13.2. The van der Waals surface area contributed by atoms with Gasteiger partial charge in [0.25, 0.3) is 0 Å². The maximum atomic E-state index is 8.81. The van der Waals surface area contributed by atoms with Crippen LogP contribution in [-0.2, 0) is 6.42 Å². The number of nitrogens with zero attached hydrogens (tertiary/aromatic N) is 2. The van der Waals surface area contributed by atoms with E-state index in [-0.39, 0.29) is 0 Å². The molecule has 55 heavy (non-hydrogen) atoms. The van der Waals surface area contributed by atoms with Crippen molar-refractivity contribution in [2.24, 2.45) is 11.8 Å². The van der Waals surface area contributed by atoms with E-state index in [2.05, 4.69) is 122 Å². The third-order valence-corrected chi connectivity index (χ3v) is 10.0. The van der Waals surface area contributed by atoms with E-state index in [0.29, 0.717) is 17.4 Å². The number of nitrogens with one attached hydrogen (secondary N) is 1. The number of hydrogen-bond donors (Lipinski definition) is 1. The van der Waals surface area contributed by atoms with Gasteiger partial charge in [0.05, 0.1) is 18.7 Å². The first-order chi connectivity index (χ1) is 26.3. The van der Waals surface area contributed by atoms with Gasteiger partial charge in [-0.05, 0) is 132 Å². The summed E-state index contributed by atoms with van der Waals surface area (Å²) in [6, 6.07) is 15.9. The smallest absolute Gasteiger partial charge is 0.126 e. The molecule has 2 aromatic carbocycles. The molecule has 1 aliphatic rings. The Morgan fingerprint density at radius 1 is 0.982 bits per heavy atom. The van der Waals surface area contributed by atoms with Crippen LogP contribution >= 0.6 is 0 Å². The number of rotatable bonds is 16. The summed E-state index contributed by atoms with van der Waals surface area (Å²) >= 11 is 0. The van der Waals surface area contributed by atoms with Crippen LogP contribution in [0.1, 0.15) is 126 Å². The Morgan fingerprint density at radius 3 is 2.05 bits per heavy atom. The first kappa shape index (κ1) is 50.5. The highest BCUT2D eigenvalue weighted by atomic mass is 16.5. The first-order valence-corrected chi connectivity index (χ1v) is 20.6. The highest BCUT2D eigenvalue weighted by Gasteiger charge is 2.22. The average molecular weight is 748 g/mol. The molecule has 0 amide bonds. The van der Waals surface area contributed by atoms with Crippen molar-refractivity contribution in [1.82, 2.24) is 10.2 Å². The number of ether oxygens (including phenoxy) is 1. The summed E-state index contributed by atoms with van der Waals surface area (Å²) in [7, 11) is 1.67. The van der Waals surface area contributed by atoms with Gasteiger partial charge in [-0.2, -0.15) is 5.26 Å². The molecular formula is C51H77N3O. The Labute approximate surface area is 339 Å². The molecule has 1 N–H and O–H groups in total. The number of methoxy groups -OCH3 is 1. The number of aryl methyl sites for hydroxylation is 1. The van der Waals surface area contributed by atoms with Crippen molar-refractivity contribution in [2.75, 3.05) is 26.7 Å². The van der Waals surface area contributed by atoms with Crippen LogP contribution in [0.3, 0.4) is 0 Å². The summed E-state index contributed by atoms with van der Waals surface area (Å²) in [5, 5.41) is 12.4. The zero-order chi connectivity index (χ0) is 41.9. The third-order valence-electron chi connectivity index (χ3n) is 10.0. The zero-order valence-corrected chi connectivity index (χ0v) is 37.1. The van der Waals surface area contributed by atoms with E-state index in [9.17, 15) is 0 Å². The molecule has 302 valence electrons. The minimum atomic E-state index is 0.453. The quantitative estimate of drug-likeness (QED) is 0.137. The Balaban J connectivity index is 0.00000106. The van der Waals surface area contributed by atoms with Gasteiger partial charge in [0, 0.05) is 36.6 Å². The number of hydrogen-bond acceptors (Lipinski definition) is 4. The van der Waals surface area contributed by atoms with Crippen LogP contribution in [0.2, 0.25) is 0 Å². The molecule has 1 heterocycles. The molecule has 1 unspecified atom stereocenters. The van der Waals surface area contributed by atoms with E-state index in [4.69, 9.17) is 10.00 Å². The van der Waals surface area contributed by atoms with Crippen LogP contribution in [0.25, 0.3) is 11.1 Å². The van der Waals surface area contributed by atoms with Crippen molar-refractivity contribution in [3.8, 4) is 22.9 Å². The van der Waals surface area contributed by atoms with Crippen molar-refractivity contribution < 1.29 is 4.74 Å². The maximum Gasteiger partial charge on any atom is 0.126 e. The summed E-state index contributed by atoms with van der Waals surface area (Å²) in [4.78, 5) is 2.55. The second-order valence-electron chi connectivity index (χ2n) is 14.3. The average Bonchev–Trinajstić information content (AvgIpc) is 3.20. The van der Waals surface area contributed by atoms with Gasteiger partial charge in [-0.25, -0.2) is 0 Å². The number of piperidine rings is 1. The van der Waals surface area contributed by atoms with Gasteiger partial charge in [-0.3, -0.25) is 0 Å². The third kappa shape index (κ3) is 18.1. The SMILES string of the molecule is C=C(NCC(C)C(=C)C)/C(CC)=C(\C)N1CCC(C(=C)/C=C\C(CCCC)=C(C)C)CC1.C=CC.CC.CCc1ccc(OC)c(-c2ccc(C#N)cc2)c1. The van der Waals surface area contributed by atoms with Crippen molar-refractivity contribution in [1.29, 1.82) is 5.26 Å². The molecule has 0 saturated carbocycles. The Morgan fingerprint density at radius 2 is 1.58 bits per heavy atom. The lowest BCUT2D eigenvalue weighted by Gasteiger charge is -2.36. The highest BCUT2D eigenvalue weighted by Crippen LogP contribution is 2.32. The van der Waals surface area contributed by atoms with E-state index in [1.165, 1.54) is 71.2 Å². The molecule has 0 aromatic heterocycles. The fourth-order valence-electron chi connectivity index (χ4n) is 6.16. The molecule has 1 aliphatic heterocycles. The lowest BCUT2D eigenvalue weighted by Crippen LogP contribution is -2.34. The summed E-state index contributed by atoms with van der Waals surface area (Å²) in [5.74, 6) is 1.90. The second-order valence-corrected chi connectivity index (χ2v) is 14.3. The number of allylic oxidation sites excluding steroid dienone is 8. The number of benzene rings is 2. The number of unbranched alkanes of at least 4 members (excludes halogenated alkanes) is 1. The molecule has 0 radical (unpaired) electrons. The van der Waals surface area contributed by atoms with Crippen LogP contribution in [0.15, 0.2) is 126 Å². The van der Waals surface area contributed by atoms with Crippen molar-refractivity contribution in [2.45, 2.75) is 121 Å². The number of nitriles is 1. The van der Waals surface area contributed by atoms with Crippen LogP contribution in [0.4, 0.5) is 0 Å². The standard InChI is InChI=1S/C30H50N2.C16H15NO.C3H6.C2H6/c1-11-13-14-28(23(5)6)16-15-24(7)29-17-19-32(20-18-29)27(10)30(12-2)26(9)31-21-25(8)22(3)4;1-3-12-6-9-16(18-2)15(10-12)14-7-4-13(11-17)5-8-14;1-3-2;1-2/h15-16,25,29,31H,3,7,9,11-14,17-21H2,1-2,4-6,8,10H3;4-10H,3H2,1-2H3;3H,1H2,2H3;1-2H3/b16-15-,30-27+;;;. The minimum Gasteiger partial charge on any atom is -0.496 e. The molecule has 0 aliphatic carbocycles. The van der Waals surface area contributed by atoms with Crippen LogP contribution in [0.5, 0.6) is 5.75 Å². The molecule has 2 aromatic rings. The molecule has 0 spiro atoms. The van der Waals surface area contributed by atoms with Gasteiger partial charge < -0.3 is 15.0 Å². The van der Waals surface area contributed by atoms with Crippen molar-refractivity contribution in [3.63, 3.8) is 0 Å². The second kappa shape index (κ2) is 28.9. The van der Waals surface area contributed by atoms with Gasteiger partial charge in [0.15, 0.2) is 0 Å². The molecule has 4 nitrogen and oxygen atoms in total. The molecule has 1 fully saturated rings. The lowest BCUT2D eigenvalue weighted by atomic mass is 9.88. The van der Waals surface area contributed by atoms with E-state index in [1.807, 2.05) is 51.1 Å². The molecule has 3 rings (SSSR count). The van der Waals surface area contributed by atoms with Gasteiger partial charge in [0.2, 0.25) is 0 Å². The van der Waals surface area contributed by atoms with Gasteiger partial charge in [-0.1, -0.05) is 121 Å². The zero-order valence-electron chi connectivity index (χ0n) is 37.1. The monoisotopic (exact) mass is 748 g/mol. The minimum absolute atomic E-state index is 0.453. The largest absolute Gasteiger partial charge is 0.496 e. The van der Waals surface area contributed by atoms with Gasteiger partial charge >= 0.3 is 0 Å². The summed E-state index contributed by atoms with van der Waals surface area (Å²) in [6.07, 6.45) is 14.4. The molecular weight excluding hydrogens is 671 g/mol. The molecule has 1 atom stereocenters. The number of likely N-dealkylation sites (tertiary alicyclic amines) is 1. The Kier molecular flexibility index (Phi) is 26.5. The van der Waals surface area contributed by atoms with Gasteiger partial charge in [0.1, 0.15) is 5.75 Å². The van der Waals surface area contributed by atoms with E-state index >= 15 is 0 Å². The predicted octanol–water partition coefficient (Wildman–Crippen LogP) is 14.4. The first-order valence-electron chi connectivity index (χ1n) is 20.6. The predicted molar refractivity (Wildman–Crippen MR) is 244 cm³/mol. The van der Waals surface area contributed by atoms with Crippen molar-refractivity contribution >= 4 is 0 Å². The summed E-state index contributed by atoms with van der Waals surface area (Å²) in [6.45, 7) is 42.8. The Hall–Kier alpha value is -4.49. The van der Waals surface area contributed by atoms with Crippen LogP contribution < -0.4 is 10.1 Å². The summed E-state index contributed by atoms with van der Waals surface area (Å²) < 4.78 is 5.39. The van der Waals surface area contributed by atoms with E-state index in [0.717, 1.165) is 55.0 Å². The van der Waals surface area contributed by atoms with Gasteiger partial charge in [-0.15, -0.1) is 6.58 Å². The topological polar surface area (TPSA) is 48.3 Å².